The van der Waals surface area contributed by atoms with Crippen LogP contribution in [0.4, 0.5) is 5.88 Å². The first-order valence-corrected chi connectivity index (χ1v) is 5.11. The van der Waals surface area contributed by atoms with E-state index in [9.17, 15) is 0 Å². The van der Waals surface area contributed by atoms with Crippen molar-refractivity contribution in [1.29, 1.82) is 0 Å². The highest BCUT2D eigenvalue weighted by molar-refractivity contribution is 5.36. The fourth-order valence-electron chi connectivity index (χ4n) is 2.07. The first-order chi connectivity index (χ1) is 7.34. The first kappa shape index (κ1) is 8.53. The summed E-state index contributed by atoms with van der Waals surface area (Å²) in [6.07, 6.45) is 1.15. The van der Waals surface area contributed by atoms with E-state index in [1.54, 1.807) is 0 Å². The maximum atomic E-state index is 5.50. The average Bonchev–Trinajstić information content (AvgIpc) is 2.96. The molecule has 15 heavy (non-hydrogen) atoms. The van der Waals surface area contributed by atoms with Crippen molar-refractivity contribution in [3.8, 4) is 0 Å². The molecule has 3 heteroatoms. The van der Waals surface area contributed by atoms with Gasteiger partial charge in [-0.15, -0.1) is 0 Å². The minimum atomic E-state index is 0.406. The minimum Gasteiger partial charge on any atom is -0.368 e. The molecule has 2 unspecified atom stereocenters. The molecular formula is C12H12N2O. The summed E-state index contributed by atoms with van der Waals surface area (Å²) in [6, 6.07) is 12.3. The number of anilines is 1. The summed E-state index contributed by atoms with van der Waals surface area (Å²) in [5, 5.41) is 3.95. The largest absolute Gasteiger partial charge is 0.368 e. The van der Waals surface area contributed by atoms with E-state index in [0.29, 0.717) is 17.7 Å². The van der Waals surface area contributed by atoms with Crippen molar-refractivity contribution in [2.75, 3.05) is 5.73 Å². The Morgan fingerprint density at radius 1 is 1.20 bits per heavy atom. The number of benzene rings is 1. The Labute approximate surface area is 87.9 Å². The van der Waals surface area contributed by atoms with Crippen LogP contribution in [0, 0.1) is 0 Å². The van der Waals surface area contributed by atoms with E-state index in [0.717, 1.165) is 12.1 Å². The van der Waals surface area contributed by atoms with Gasteiger partial charge in [-0.2, -0.15) is 0 Å². The fourth-order valence-corrected chi connectivity index (χ4v) is 2.07. The zero-order chi connectivity index (χ0) is 10.3. The van der Waals surface area contributed by atoms with Gasteiger partial charge < -0.3 is 10.3 Å². The molecule has 0 saturated heterocycles. The van der Waals surface area contributed by atoms with Crippen LogP contribution in [0.3, 0.4) is 0 Å². The Morgan fingerprint density at radius 2 is 2.00 bits per heavy atom. The predicted molar refractivity (Wildman–Crippen MR) is 57.5 cm³/mol. The van der Waals surface area contributed by atoms with Gasteiger partial charge in [-0.3, -0.25) is 0 Å². The van der Waals surface area contributed by atoms with E-state index in [-0.39, 0.29) is 0 Å². The monoisotopic (exact) mass is 200 g/mol. The molecule has 1 aromatic carbocycles. The zero-order valence-corrected chi connectivity index (χ0v) is 8.26. The highest BCUT2D eigenvalue weighted by Gasteiger charge is 2.41. The molecule has 1 aromatic heterocycles. The minimum absolute atomic E-state index is 0.406. The third kappa shape index (κ3) is 1.50. The Bertz CT molecular complexity index is 463. The van der Waals surface area contributed by atoms with Crippen LogP contribution in [0.1, 0.15) is 29.5 Å². The SMILES string of the molecule is Nc1cc(C2CC2c2ccccc2)no1. The van der Waals surface area contributed by atoms with Crippen molar-refractivity contribution in [3.63, 3.8) is 0 Å². The van der Waals surface area contributed by atoms with E-state index in [4.69, 9.17) is 10.3 Å². The van der Waals surface area contributed by atoms with Gasteiger partial charge in [-0.25, -0.2) is 0 Å². The first-order valence-electron chi connectivity index (χ1n) is 5.11. The molecule has 0 aliphatic heterocycles. The van der Waals surface area contributed by atoms with E-state index >= 15 is 0 Å². The van der Waals surface area contributed by atoms with Gasteiger partial charge in [0.05, 0.1) is 5.69 Å². The molecule has 1 heterocycles. The van der Waals surface area contributed by atoms with Gasteiger partial charge in [0.25, 0.3) is 0 Å². The normalized spacial score (nSPS) is 24.0. The summed E-state index contributed by atoms with van der Waals surface area (Å²) in [5.41, 5.74) is 7.87. The molecule has 2 atom stereocenters. The number of aromatic nitrogens is 1. The summed E-state index contributed by atoms with van der Waals surface area (Å²) in [6.45, 7) is 0. The molecule has 2 aromatic rings. The summed E-state index contributed by atoms with van der Waals surface area (Å²) in [5.74, 6) is 1.49. The van der Waals surface area contributed by atoms with Crippen LogP contribution in [-0.4, -0.2) is 5.16 Å². The van der Waals surface area contributed by atoms with Gasteiger partial charge >= 0.3 is 0 Å². The highest BCUT2D eigenvalue weighted by Crippen LogP contribution is 2.54. The van der Waals surface area contributed by atoms with E-state index < -0.39 is 0 Å². The van der Waals surface area contributed by atoms with Crippen molar-refractivity contribution in [3.05, 3.63) is 47.7 Å². The fraction of sp³-hybridized carbons (Fsp3) is 0.250. The van der Waals surface area contributed by atoms with Crippen LogP contribution < -0.4 is 5.73 Å². The summed E-state index contributed by atoms with van der Waals surface area (Å²) >= 11 is 0. The number of rotatable bonds is 2. The van der Waals surface area contributed by atoms with Crippen LogP contribution in [0.25, 0.3) is 0 Å². The van der Waals surface area contributed by atoms with Gasteiger partial charge in [0.1, 0.15) is 0 Å². The lowest BCUT2D eigenvalue weighted by molar-refractivity contribution is 0.427. The Kier molecular flexibility index (Phi) is 1.78. The van der Waals surface area contributed by atoms with Gasteiger partial charge in [-0.1, -0.05) is 35.5 Å². The number of nitrogens with two attached hydrogens (primary N) is 1. The molecular weight excluding hydrogens is 188 g/mol. The standard InChI is InChI=1S/C12H12N2O/c13-12-7-11(14-15-12)10-6-9(10)8-4-2-1-3-5-8/h1-5,7,9-10H,6,13H2. The number of hydrogen-bond donors (Lipinski definition) is 1. The van der Waals surface area contributed by atoms with Crippen molar-refractivity contribution in [2.24, 2.45) is 0 Å². The van der Waals surface area contributed by atoms with Crippen molar-refractivity contribution < 1.29 is 4.52 Å². The second kappa shape index (κ2) is 3.12. The topological polar surface area (TPSA) is 52.0 Å². The number of nitrogen functional groups attached to an aromatic ring is 1. The Morgan fingerprint density at radius 3 is 2.67 bits per heavy atom. The smallest absolute Gasteiger partial charge is 0.222 e. The van der Waals surface area contributed by atoms with Gasteiger partial charge in [-0.05, 0) is 17.9 Å². The Hall–Kier alpha value is -1.77. The zero-order valence-electron chi connectivity index (χ0n) is 8.26. The van der Waals surface area contributed by atoms with Crippen LogP contribution in [0.5, 0.6) is 0 Å². The third-order valence-corrected chi connectivity index (χ3v) is 2.94. The number of nitrogens with zero attached hydrogens (tertiary/aromatic N) is 1. The summed E-state index contributed by atoms with van der Waals surface area (Å²) in [4.78, 5) is 0. The molecule has 2 N–H and O–H groups in total. The van der Waals surface area contributed by atoms with Crippen molar-refractivity contribution in [1.82, 2.24) is 5.16 Å². The van der Waals surface area contributed by atoms with Crippen LogP contribution in [0.15, 0.2) is 40.9 Å². The molecule has 1 aliphatic rings. The summed E-state index contributed by atoms with van der Waals surface area (Å²) in [7, 11) is 0. The second-order valence-electron chi connectivity index (χ2n) is 4.01. The quantitative estimate of drug-likeness (QED) is 0.810. The van der Waals surface area contributed by atoms with E-state index in [1.807, 2.05) is 12.1 Å². The van der Waals surface area contributed by atoms with Gasteiger partial charge in [0.2, 0.25) is 5.88 Å². The molecule has 3 nitrogen and oxygen atoms in total. The lowest BCUT2D eigenvalue weighted by Crippen LogP contribution is -1.83. The van der Waals surface area contributed by atoms with Crippen molar-refractivity contribution in [2.45, 2.75) is 18.3 Å². The molecule has 1 fully saturated rings. The van der Waals surface area contributed by atoms with Crippen LogP contribution >= 0.6 is 0 Å². The molecule has 0 spiro atoms. The molecule has 1 aliphatic carbocycles. The molecule has 0 radical (unpaired) electrons. The molecule has 1 saturated carbocycles. The molecule has 76 valence electrons. The maximum Gasteiger partial charge on any atom is 0.222 e. The maximum absolute atomic E-state index is 5.50. The predicted octanol–water partition coefficient (Wildman–Crippen LogP) is 2.53. The molecule has 0 amide bonds. The lowest BCUT2D eigenvalue weighted by Gasteiger charge is -1.96. The van der Waals surface area contributed by atoms with Crippen LogP contribution in [-0.2, 0) is 0 Å². The Balaban J connectivity index is 1.80. The third-order valence-electron chi connectivity index (χ3n) is 2.94. The average molecular weight is 200 g/mol. The lowest BCUT2D eigenvalue weighted by atomic mass is 10.1. The van der Waals surface area contributed by atoms with E-state index in [2.05, 4.69) is 29.4 Å². The highest BCUT2D eigenvalue weighted by atomic mass is 16.5. The summed E-state index contributed by atoms with van der Waals surface area (Å²) < 4.78 is 4.88. The van der Waals surface area contributed by atoms with Gasteiger partial charge in [0.15, 0.2) is 0 Å². The van der Waals surface area contributed by atoms with E-state index in [1.165, 1.54) is 5.56 Å². The van der Waals surface area contributed by atoms with Gasteiger partial charge in [0, 0.05) is 12.0 Å². The second-order valence-corrected chi connectivity index (χ2v) is 4.01. The number of hydrogen-bond acceptors (Lipinski definition) is 3. The van der Waals surface area contributed by atoms with Crippen LogP contribution in [0.2, 0.25) is 0 Å². The van der Waals surface area contributed by atoms with Crippen molar-refractivity contribution >= 4 is 5.88 Å². The molecule has 0 bridgehead atoms. The molecule has 3 rings (SSSR count).